The van der Waals surface area contributed by atoms with E-state index in [1.165, 1.54) is 16.0 Å². The number of thioether (sulfide) groups is 1. The summed E-state index contributed by atoms with van der Waals surface area (Å²) in [6, 6.07) is 14.2. The third-order valence-corrected chi connectivity index (χ3v) is 4.48. The van der Waals surface area contributed by atoms with Gasteiger partial charge in [0.05, 0.1) is 0 Å². The molecular weight excluding hydrogens is 330 g/mol. The zero-order valence-electron chi connectivity index (χ0n) is 9.70. The molecule has 0 unspecified atom stereocenters. The summed E-state index contributed by atoms with van der Waals surface area (Å²) in [5.74, 6) is 0.922. The molecule has 0 bridgehead atoms. The quantitative estimate of drug-likeness (QED) is 0.803. The fourth-order valence-electron chi connectivity index (χ4n) is 1.59. The van der Waals surface area contributed by atoms with Crippen molar-refractivity contribution in [3.8, 4) is 0 Å². The van der Waals surface area contributed by atoms with Crippen molar-refractivity contribution in [2.24, 2.45) is 5.73 Å². The Bertz CT molecular complexity index is 528. The Labute approximate surface area is 125 Å². The Balaban J connectivity index is 2.08. The highest BCUT2D eigenvalue weighted by molar-refractivity contribution is 9.10. The van der Waals surface area contributed by atoms with Crippen LogP contribution in [0.4, 0.5) is 0 Å². The van der Waals surface area contributed by atoms with Crippen molar-refractivity contribution in [2.45, 2.75) is 17.2 Å². The van der Waals surface area contributed by atoms with E-state index in [0.717, 1.165) is 15.2 Å². The summed E-state index contributed by atoms with van der Waals surface area (Å²) in [7, 11) is 0. The maximum absolute atomic E-state index is 5.87. The van der Waals surface area contributed by atoms with Crippen LogP contribution in [-0.2, 0) is 12.3 Å². The number of rotatable bonds is 4. The van der Waals surface area contributed by atoms with E-state index in [0.29, 0.717) is 6.54 Å². The standard InChI is InChI=1S/C14H13BrClNS/c15-12-3-6-14(11(7-12)8-17)18-9-10-1-4-13(16)5-2-10/h1-7H,8-9,17H2. The SMILES string of the molecule is NCc1cc(Br)ccc1SCc1ccc(Cl)cc1. The van der Waals surface area contributed by atoms with Gasteiger partial charge in [0.25, 0.3) is 0 Å². The predicted octanol–water partition coefficient (Wildman–Crippen LogP) is 4.85. The lowest BCUT2D eigenvalue weighted by Gasteiger charge is -2.08. The number of nitrogens with two attached hydrogens (primary N) is 1. The second-order valence-electron chi connectivity index (χ2n) is 3.87. The minimum atomic E-state index is 0.558. The first-order valence-electron chi connectivity index (χ1n) is 5.55. The van der Waals surface area contributed by atoms with Gasteiger partial charge in [-0.05, 0) is 41.5 Å². The van der Waals surface area contributed by atoms with Crippen LogP contribution < -0.4 is 5.73 Å². The van der Waals surface area contributed by atoms with Gasteiger partial charge in [-0.25, -0.2) is 0 Å². The van der Waals surface area contributed by atoms with Crippen LogP contribution in [-0.4, -0.2) is 0 Å². The molecule has 2 aromatic rings. The maximum atomic E-state index is 5.87. The van der Waals surface area contributed by atoms with E-state index in [9.17, 15) is 0 Å². The molecule has 94 valence electrons. The molecule has 18 heavy (non-hydrogen) atoms. The van der Waals surface area contributed by atoms with E-state index in [1.807, 2.05) is 18.2 Å². The van der Waals surface area contributed by atoms with E-state index in [2.05, 4.69) is 40.2 Å². The molecule has 0 spiro atoms. The summed E-state index contributed by atoms with van der Waals surface area (Å²) < 4.78 is 1.07. The fraction of sp³-hybridized carbons (Fsp3) is 0.143. The second-order valence-corrected chi connectivity index (χ2v) is 6.24. The minimum absolute atomic E-state index is 0.558. The summed E-state index contributed by atoms with van der Waals surface area (Å²) in [4.78, 5) is 1.23. The topological polar surface area (TPSA) is 26.0 Å². The van der Waals surface area contributed by atoms with E-state index in [4.69, 9.17) is 17.3 Å². The zero-order valence-corrected chi connectivity index (χ0v) is 12.9. The van der Waals surface area contributed by atoms with E-state index in [-0.39, 0.29) is 0 Å². The van der Waals surface area contributed by atoms with Crippen molar-refractivity contribution in [3.63, 3.8) is 0 Å². The van der Waals surface area contributed by atoms with E-state index >= 15 is 0 Å². The number of hydrogen-bond acceptors (Lipinski definition) is 2. The summed E-state index contributed by atoms with van der Waals surface area (Å²) in [5.41, 5.74) is 8.19. The van der Waals surface area contributed by atoms with Crippen LogP contribution in [0.25, 0.3) is 0 Å². The highest BCUT2D eigenvalue weighted by Crippen LogP contribution is 2.28. The van der Waals surface area contributed by atoms with Crippen LogP contribution in [0.3, 0.4) is 0 Å². The van der Waals surface area contributed by atoms with Crippen LogP contribution in [0.1, 0.15) is 11.1 Å². The first-order chi connectivity index (χ1) is 8.69. The van der Waals surface area contributed by atoms with E-state index in [1.54, 1.807) is 11.8 Å². The van der Waals surface area contributed by atoms with Gasteiger partial charge in [-0.1, -0.05) is 39.7 Å². The highest BCUT2D eigenvalue weighted by atomic mass is 79.9. The lowest BCUT2D eigenvalue weighted by molar-refractivity contribution is 1.02. The van der Waals surface area contributed by atoms with Crippen LogP contribution >= 0.6 is 39.3 Å². The normalized spacial score (nSPS) is 10.6. The molecule has 2 N–H and O–H groups in total. The molecule has 0 radical (unpaired) electrons. The molecule has 0 aliphatic rings. The van der Waals surface area contributed by atoms with Gasteiger partial charge < -0.3 is 5.73 Å². The lowest BCUT2D eigenvalue weighted by Crippen LogP contribution is -1.98. The molecule has 0 aliphatic heterocycles. The van der Waals surface area contributed by atoms with Crippen molar-refractivity contribution >= 4 is 39.3 Å². The van der Waals surface area contributed by atoms with E-state index < -0.39 is 0 Å². The largest absolute Gasteiger partial charge is 0.326 e. The number of halogens is 2. The minimum Gasteiger partial charge on any atom is -0.326 e. The van der Waals surface area contributed by atoms with Crippen molar-refractivity contribution in [2.75, 3.05) is 0 Å². The number of benzene rings is 2. The highest BCUT2D eigenvalue weighted by Gasteiger charge is 2.03. The van der Waals surface area contributed by atoms with Crippen molar-refractivity contribution in [3.05, 3.63) is 63.1 Å². The van der Waals surface area contributed by atoms with Crippen molar-refractivity contribution in [1.29, 1.82) is 0 Å². The molecule has 4 heteroatoms. The van der Waals surface area contributed by atoms with Crippen molar-refractivity contribution < 1.29 is 0 Å². The first kappa shape index (κ1) is 13.9. The smallest absolute Gasteiger partial charge is 0.0406 e. The average molecular weight is 343 g/mol. The van der Waals surface area contributed by atoms with Crippen LogP contribution in [0, 0.1) is 0 Å². The van der Waals surface area contributed by atoms with Gasteiger partial charge in [-0.15, -0.1) is 11.8 Å². The van der Waals surface area contributed by atoms with Crippen molar-refractivity contribution in [1.82, 2.24) is 0 Å². The summed E-state index contributed by atoms with van der Waals surface area (Å²) in [5, 5.41) is 0.773. The van der Waals surface area contributed by atoms with Gasteiger partial charge >= 0.3 is 0 Å². The zero-order chi connectivity index (χ0) is 13.0. The van der Waals surface area contributed by atoms with Gasteiger partial charge in [-0.3, -0.25) is 0 Å². The molecule has 1 nitrogen and oxygen atoms in total. The van der Waals surface area contributed by atoms with Gasteiger partial charge in [0, 0.05) is 26.7 Å². The Hall–Kier alpha value is -0.480. The summed E-state index contributed by atoms with van der Waals surface area (Å²) in [6.45, 7) is 0.558. The molecule has 0 atom stereocenters. The molecule has 0 aromatic heterocycles. The van der Waals surface area contributed by atoms with Gasteiger partial charge in [-0.2, -0.15) is 0 Å². The fourth-order valence-corrected chi connectivity index (χ4v) is 3.13. The molecular formula is C14H13BrClNS. The monoisotopic (exact) mass is 341 g/mol. The number of hydrogen-bond donors (Lipinski definition) is 1. The molecule has 0 heterocycles. The van der Waals surface area contributed by atoms with Gasteiger partial charge in [0.15, 0.2) is 0 Å². The maximum Gasteiger partial charge on any atom is 0.0406 e. The molecule has 0 saturated carbocycles. The Kier molecular flexibility index (Phi) is 5.13. The first-order valence-corrected chi connectivity index (χ1v) is 7.70. The lowest BCUT2D eigenvalue weighted by atomic mass is 10.2. The van der Waals surface area contributed by atoms with Crippen LogP contribution in [0.15, 0.2) is 51.8 Å². The van der Waals surface area contributed by atoms with Gasteiger partial charge in [0.2, 0.25) is 0 Å². The third-order valence-electron chi connectivity index (χ3n) is 2.55. The van der Waals surface area contributed by atoms with Crippen LogP contribution in [0.2, 0.25) is 5.02 Å². The molecule has 2 aromatic carbocycles. The molecule has 0 amide bonds. The molecule has 0 saturated heterocycles. The third kappa shape index (κ3) is 3.75. The molecule has 2 rings (SSSR count). The second kappa shape index (κ2) is 6.62. The Morgan fingerprint density at radius 1 is 1.11 bits per heavy atom. The summed E-state index contributed by atoms with van der Waals surface area (Å²) in [6.07, 6.45) is 0. The Morgan fingerprint density at radius 3 is 2.50 bits per heavy atom. The molecule has 0 aliphatic carbocycles. The Morgan fingerprint density at radius 2 is 1.83 bits per heavy atom. The molecule has 0 fully saturated rings. The van der Waals surface area contributed by atoms with Gasteiger partial charge in [0.1, 0.15) is 0 Å². The summed E-state index contributed by atoms with van der Waals surface area (Å²) >= 11 is 11.1. The predicted molar refractivity (Wildman–Crippen MR) is 83.0 cm³/mol. The average Bonchev–Trinajstić information content (AvgIpc) is 2.39. The van der Waals surface area contributed by atoms with Crippen LogP contribution in [0.5, 0.6) is 0 Å².